The zero-order valence-electron chi connectivity index (χ0n) is 12.6. The van der Waals surface area contributed by atoms with E-state index in [0.717, 1.165) is 5.56 Å². The van der Waals surface area contributed by atoms with Crippen molar-refractivity contribution in [3.63, 3.8) is 0 Å². The fourth-order valence-electron chi connectivity index (χ4n) is 2.59. The second kappa shape index (κ2) is 6.07. The van der Waals surface area contributed by atoms with Gasteiger partial charge in [0.15, 0.2) is 0 Å². The van der Waals surface area contributed by atoms with Crippen molar-refractivity contribution in [1.29, 1.82) is 0 Å². The zero-order chi connectivity index (χ0) is 17.3. The summed E-state index contributed by atoms with van der Waals surface area (Å²) in [6, 6.07) is 10.7. The van der Waals surface area contributed by atoms with Gasteiger partial charge in [0.25, 0.3) is 0 Å². The molecule has 0 saturated carbocycles. The van der Waals surface area contributed by atoms with Crippen molar-refractivity contribution in [2.45, 2.75) is 18.9 Å². The summed E-state index contributed by atoms with van der Waals surface area (Å²) in [5.41, 5.74) is 1.74. The van der Waals surface area contributed by atoms with E-state index in [1.54, 1.807) is 24.3 Å². The lowest BCUT2D eigenvalue weighted by Crippen LogP contribution is -2.17. The van der Waals surface area contributed by atoms with E-state index in [1.807, 2.05) is 0 Å². The summed E-state index contributed by atoms with van der Waals surface area (Å²) in [4.78, 5) is 11.6. The van der Waals surface area contributed by atoms with Crippen LogP contribution in [0.3, 0.4) is 0 Å². The van der Waals surface area contributed by atoms with E-state index in [9.17, 15) is 18.0 Å². The van der Waals surface area contributed by atoms with Crippen molar-refractivity contribution < 1.29 is 32.2 Å². The van der Waals surface area contributed by atoms with Gasteiger partial charge in [0.1, 0.15) is 17.6 Å². The van der Waals surface area contributed by atoms with Crippen molar-refractivity contribution in [3.05, 3.63) is 59.2 Å². The SMILES string of the molecule is COC(=O)c1cccc(C2Cc3cc(OC(F)(F)F)ccc3O2)c1. The summed E-state index contributed by atoms with van der Waals surface area (Å²) in [6.45, 7) is 0. The van der Waals surface area contributed by atoms with E-state index in [-0.39, 0.29) is 11.9 Å². The van der Waals surface area contributed by atoms with Gasteiger partial charge in [-0.25, -0.2) is 4.79 Å². The average molecular weight is 338 g/mol. The molecule has 1 heterocycles. The number of rotatable bonds is 3. The molecule has 2 aromatic rings. The van der Waals surface area contributed by atoms with Gasteiger partial charge in [0.05, 0.1) is 12.7 Å². The van der Waals surface area contributed by atoms with Gasteiger partial charge in [0.2, 0.25) is 0 Å². The van der Waals surface area contributed by atoms with Gasteiger partial charge >= 0.3 is 12.3 Å². The minimum Gasteiger partial charge on any atom is -0.485 e. The van der Waals surface area contributed by atoms with Gasteiger partial charge in [-0.1, -0.05) is 12.1 Å². The van der Waals surface area contributed by atoms with E-state index in [0.29, 0.717) is 23.3 Å². The van der Waals surface area contributed by atoms with Crippen LogP contribution in [0.25, 0.3) is 0 Å². The number of hydrogen-bond donors (Lipinski definition) is 0. The molecule has 0 spiro atoms. The molecule has 7 heteroatoms. The number of alkyl halides is 3. The van der Waals surface area contributed by atoms with Gasteiger partial charge in [-0.3, -0.25) is 0 Å². The topological polar surface area (TPSA) is 44.8 Å². The number of carbonyl (C=O) groups is 1. The smallest absolute Gasteiger partial charge is 0.485 e. The van der Waals surface area contributed by atoms with Crippen molar-refractivity contribution in [1.82, 2.24) is 0 Å². The summed E-state index contributed by atoms with van der Waals surface area (Å²) in [5.74, 6) is -0.250. The third-order valence-electron chi connectivity index (χ3n) is 3.62. The highest BCUT2D eigenvalue weighted by Crippen LogP contribution is 2.39. The molecule has 1 unspecified atom stereocenters. The summed E-state index contributed by atoms with van der Waals surface area (Å²) in [6.07, 6.45) is -4.73. The fraction of sp³-hybridized carbons (Fsp3) is 0.235. The van der Waals surface area contributed by atoms with Crippen molar-refractivity contribution in [2.24, 2.45) is 0 Å². The molecule has 0 saturated heterocycles. The standard InChI is InChI=1S/C17H13F3O4/c1-22-16(21)11-4-2-3-10(7-11)15-9-12-8-13(24-17(18,19)20)5-6-14(12)23-15/h2-8,15H,9H2,1H3. The molecule has 1 aliphatic rings. The van der Waals surface area contributed by atoms with Crippen LogP contribution in [0.2, 0.25) is 0 Å². The van der Waals surface area contributed by atoms with Crippen LogP contribution in [0, 0.1) is 0 Å². The highest BCUT2D eigenvalue weighted by Gasteiger charge is 2.32. The largest absolute Gasteiger partial charge is 0.573 e. The van der Waals surface area contributed by atoms with Crippen LogP contribution < -0.4 is 9.47 Å². The van der Waals surface area contributed by atoms with Crippen LogP contribution in [0.15, 0.2) is 42.5 Å². The molecule has 0 aromatic heterocycles. The summed E-state index contributed by atoms with van der Waals surface area (Å²) >= 11 is 0. The Morgan fingerprint density at radius 3 is 2.71 bits per heavy atom. The van der Waals surface area contributed by atoms with E-state index in [2.05, 4.69) is 9.47 Å². The van der Waals surface area contributed by atoms with Gasteiger partial charge in [-0.05, 0) is 35.9 Å². The van der Waals surface area contributed by atoms with Crippen LogP contribution in [0.5, 0.6) is 11.5 Å². The Hall–Kier alpha value is -2.70. The van der Waals surface area contributed by atoms with E-state index in [1.165, 1.54) is 25.3 Å². The summed E-state index contributed by atoms with van der Waals surface area (Å²) < 4.78 is 51.2. The molecular formula is C17H13F3O4. The second-order valence-electron chi connectivity index (χ2n) is 5.24. The minimum absolute atomic E-state index is 0.284. The van der Waals surface area contributed by atoms with Crippen molar-refractivity contribution in [2.75, 3.05) is 7.11 Å². The number of hydrogen-bond acceptors (Lipinski definition) is 4. The van der Waals surface area contributed by atoms with E-state index >= 15 is 0 Å². The maximum absolute atomic E-state index is 12.3. The predicted molar refractivity (Wildman–Crippen MR) is 78.0 cm³/mol. The Kier molecular flexibility index (Phi) is 4.09. The number of carbonyl (C=O) groups excluding carboxylic acids is 1. The molecule has 1 aliphatic heterocycles. The van der Waals surface area contributed by atoms with Crippen molar-refractivity contribution >= 4 is 5.97 Å². The monoisotopic (exact) mass is 338 g/mol. The Morgan fingerprint density at radius 1 is 1.21 bits per heavy atom. The molecule has 24 heavy (non-hydrogen) atoms. The average Bonchev–Trinajstić information content (AvgIpc) is 2.96. The first kappa shape index (κ1) is 16.2. The molecule has 2 aromatic carbocycles. The highest BCUT2D eigenvalue weighted by molar-refractivity contribution is 5.89. The molecule has 3 rings (SSSR count). The van der Waals surface area contributed by atoms with Gasteiger partial charge in [0, 0.05) is 12.0 Å². The van der Waals surface area contributed by atoms with E-state index in [4.69, 9.17) is 4.74 Å². The molecule has 126 valence electrons. The molecule has 0 aliphatic carbocycles. The van der Waals surface area contributed by atoms with Crippen LogP contribution in [0.4, 0.5) is 13.2 Å². The molecule has 0 fully saturated rings. The van der Waals surface area contributed by atoms with Gasteiger partial charge in [-0.2, -0.15) is 0 Å². The maximum Gasteiger partial charge on any atom is 0.573 e. The first-order valence-electron chi connectivity index (χ1n) is 7.09. The van der Waals surface area contributed by atoms with Crippen LogP contribution in [-0.4, -0.2) is 19.4 Å². The summed E-state index contributed by atoms with van der Waals surface area (Å²) in [5, 5.41) is 0. The number of halogens is 3. The summed E-state index contributed by atoms with van der Waals surface area (Å²) in [7, 11) is 1.29. The Bertz CT molecular complexity index is 771. The number of esters is 1. The molecule has 0 N–H and O–H groups in total. The fourth-order valence-corrected chi connectivity index (χ4v) is 2.59. The molecular weight excluding hydrogens is 325 g/mol. The lowest BCUT2D eigenvalue weighted by atomic mass is 10.0. The highest BCUT2D eigenvalue weighted by atomic mass is 19.4. The molecule has 1 atom stereocenters. The van der Waals surface area contributed by atoms with Crippen molar-refractivity contribution in [3.8, 4) is 11.5 Å². The molecule has 4 nitrogen and oxygen atoms in total. The first-order valence-corrected chi connectivity index (χ1v) is 7.09. The number of benzene rings is 2. The van der Waals surface area contributed by atoms with Gasteiger partial charge in [-0.15, -0.1) is 13.2 Å². The number of ether oxygens (including phenoxy) is 3. The van der Waals surface area contributed by atoms with Crippen LogP contribution >= 0.6 is 0 Å². The second-order valence-corrected chi connectivity index (χ2v) is 5.24. The number of fused-ring (bicyclic) bond motifs is 1. The lowest BCUT2D eigenvalue weighted by molar-refractivity contribution is -0.274. The number of methoxy groups -OCH3 is 1. The van der Waals surface area contributed by atoms with Crippen LogP contribution in [0.1, 0.15) is 27.6 Å². The normalized spacial score (nSPS) is 16.2. The quantitative estimate of drug-likeness (QED) is 0.792. The first-order chi connectivity index (χ1) is 11.4. The third-order valence-corrected chi connectivity index (χ3v) is 3.62. The predicted octanol–water partition coefficient (Wildman–Crippen LogP) is 4.05. The zero-order valence-corrected chi connectivity index (χ0v) is 12.6. The van der Waals surface area contributed by atoms with E-state index < -0.39 is 12.3 Å². The Labute approximate surface area is 135 Å². The molecule has 0 radical (unpaired) electrons. The van der Waals surface area contributed by atoms with Crippen LogP contribution in [-0.2, 0) is 11.2 Å². The lowest BCUT2D eigenvalue weighted by Gasteiger charge is -2.12. The Balaban J connectivity index is 1.80. The van der Waals surface area contributed by atoms with Gasteiger partial charge < -0.3 is 14.2 Å². The third kappa shape index (κ3) is 3.45. The Morgan fingerprint density at radius 2 is 2.00 bits per heavy atom. The minimum atomic E-state index is -4.73. The molecule has 0 amide bonds. The molecule has 0 bridgehead atoms. The maximum atomic E-state index is 12.3.